The third-order valence-corrected chi connectivity index (χ3v) is 5.42. The van der Waals surface area contributed by atoms with E-state index < -0.39 is 0 Å². The van der Waals surface area contributed by atoms with Gasteiger partial charge in [0.1, 0.15) is 0 Å². The summed E-state index contributed by atoms with van der Waals surface area (Å²) in [5.74, 6) is 0.766. The molecule has 1 saturated heterocycles. The predicted octanol–water partition coefficient (Wildman–Crippen LogP) is 4.09. The van der Waals surface area contributed by atoms with Crippen molar-refractivity contribution in [3.63, 3.8) is 0 Å². The summed E-state index contributed by atoms with van der Waals surface area (Å²) in [7, 11) is 0. The zero-order chi connectivity index (χ0) is 14.9. The molecule has 1 heterocycles. The fourth-order valence-electron chi connectivity index (χ4n) is 3.90. The molecule has 0 bridgehead atoms. The van der Waals surface area contributed by atoms with E-state index in [2.05, 4.69) is 49.2 Å². The van der Waals surface area contributed by atoms with Crippen molar-refractivity contribution in [2.45, 2.75) is 52.4 Å². The summed E-state index contributed by atoms with van der Waals surface area (Å²) in [6.07, 6.45) is 5.45. The topological polar surface area (TPSA) is 15.3 Å². The first kappa shape index (κ1) is 14.9. The highest BCUT2D eigenvalue weighted by Gasteiger charge is 2.29. The molecule has 1 saturated carbocycles. The van der Waals surface area contributed by atoms with Crippen LogP contribution in [0.4, 0.5) is 5.69 Å². The molecule has 1 aromatic carbocycles. The van der Waals surface area contributed by atoms with Crippen LogP contribution in [-0.4, -0.2) is 26.2 Å². The highest BCUT2D eigenvalue weighted by Crippen LogP contribution is 2.44. The van der Waals surface area contributed by atoms with E-state index in [1.807, 2.05) is 0 Å². The summed E-state index contributed by atoms with van der Waals surface area (Å²) < 4.78 is 0. The van der Waals surface area contributed by atoms with E-state index in [1.54, 1.807) is 5.56 Å². The number of benzene rings is 1. The maximum atomic E-state index is 3.46. The number of rotatable bonds is 2. The van der Waals surface area contributed by atoms with Gasteiger partial charge in [-0.2, -0.15) is 0 Å². The predicted molar refractivity (Wildman–Crippen MR) is 91.3 cm³/mol. The van der Waals surface area contributed by atoms with Crippen LogP contribution in [0.5, 0.6) is 0 Å². The molecule has 1 aromatic rings. The zero-order valence-corrected chi connectivity index (χ0v) is 13.9. The molecule has 0 unspecified atom stereocenters. The molecule has 1 N–H and O–H groups in total. The number of hydrogen-bond acceptors (Lipinski definition) is 2. The SMILES string of the molecule is Cc1ccc(N2CCNCC2)c(C2CCC(C)(C)CC2)c1. The largest absolute Gasteiger partial charge is 0.369 e. The summed E-state index contributed by atoms with van der Waals surface area (Å²) in [6.45, 7) is 11.6. The zero-order valence-electron chi connectivity index (χ0n) is 13.9. The average Bonchev–Trinajstić information content (AvgIpc) is 2.48. The van der Waals surface area contributed by atoms with Gasteiger partial charge in [-0.25, -0.2) is 0 Å². The van der Waals surface area contributed by atoms with Gasteiger partial charge in [0.2, 0.25) is 0 Å². The molecule has 0 atom stereocenters. The van der Waals surface area contributed by atoms with Crippen LogP contribution in [0.15, 0.2) is 18.2 Å². The Bertz CT molecular complexity index is 476. The van der Waals surface area contributed by atoms with E-state index in [1.165, 1.54) is 36.9 Å². The Kier molecular flexibility index (Phi) is 4.26. The van der Waals surface area contributed by atoms with Crippen molar-refractivity contribution in [2.24, 2.45) is 5.41 Å². The second kappa shape index (κ2) is 6.00. The first-order chi connectivity index (χ1) is 10.1. The number of anilines is 1. The lowest BCUT2D eigenvalue weighted by Crippen LogP contribution is -2.44. The fourth-order valence-corrected chi connectivity index (χ4v) is 3.90. The standard InChI is InChI=1S/C19H30N2/c1-15-4-5-18(21-12-10-20-11-13-21)17(14-15)16-6-8-19(2,3)9-7-16/h4-5,14,16,20H,6-13H2,1-3H3. The summed E-state index contributed by atoms with van der Waals surface area (Å²) in [6, 6.07) is 7.11. The molecule has 116 valence electrons. The second-order valence-electron chi connectivity index (χ2n) is 7.74. The van der Waals surface area contributed by atoms with Gasteiger partial charge >= 0.3 is 0 Å². The minimum absolute atomic E-state index is 0.551. The summed E-state index contributed by atoms with van der Waals surface area (Å²) in [5, 5.41) is 3.46. The molecule has 2 aliphatic rings. The highest BCUT2D eigenvalue weighted by atomic mass is 15.2. The Morgan fingerprint density at radius 2 is 1.76 bits per heavy atom. The van der Waals surface area contributed by atoms with Gasteiger partial charge in [0.15, 0.2) is 0 Å². The van der Waals surface area contributed by atoms with Crippen LogP contribution >= 0.6 is 0 Å². The molecular formula is C19H30N2. The Labute approximate surface area is 129 Å². The van der Waals surface area contributed by atoms with E-state index in [-0.39, 0.29) is 0 Å². The lowest BCUT2D eigenvalue weighted by molar-refractivity contribution is 0.224. The molecule has 0 aromatic heterocycles. The maximum Gasteiger partial charge on any atom is 0.0402 e. The Morgan fingerprint density at radius 3 is 2.43 bits per heavy atom. The molecule has 1 aliphatic carbocycles. The van der Waals surface area contributed by atoms with Crippen molar-refractivity contribution in [2.75, 3.05) is 31.1 Å². The van der Waals surface area contributed by atoms with Crippen LogP contribution in [0, 0.1) is 12.3 Å². The molecule has 21 heavy (non-hydrogen) atoms. The van der Waals surface area contributed by atoms with Gasteiger partial charge in [-0.05, 0) is 55.6 Å². The van der Waals surface area contributed by atoms with Gasteiger partial charge in [-0.15, -0.1) is 0 Å². The number of aryl methyl sites for hydroxylation is 1. The normalized spacial score (nSPS) is 23.3. The monoisotopic (exact) mass is 286 g/mol. The van der Waals surface area contributed by atoms with Crippen LogP contribution in [0.2, 0.25) is 0 Å². The van der Waals surface area contributed by atoms with Crippen LogP contribution in [0.3, 0.4) is 0 Å². The Morgan fingerprint density at radius 1 is 1.10 bits per heavy atom. The fraction of sp³-hybridized carbons (Fsp3) is 0.684. The van der Waals surface area contributed by atoms with E-state index >= 15 is 0 Å². The smallest absolute Gasteiger partial charge is 0.0402 e. The van der Waals surface area contributed by atoms with Gasteiger partial charge in [0.25, 0.3) is 0 Å². The van der Waals surface area contributed by atoms with Crippen molar-refractivity contribution in [3.05, 3.63) is 29.3 Å². The third-order valence-electron chi connectivity index (χ3n) is 5.42. The Balaban J connectivity index is 1.84. The van der Waals surface area contributed by atoms with Crippen molar-refractivity contribution in [3.8, 4) is 0 Å². The van der Waals surface area contributed by atoms with Gasteiger partial charge in [0.05, 0.1) is 0 Å². The van der Waals surface area contributed by atoms with Crippen molar-refractivity contribution >= 4 is 5.69 Å². The molecule has 2 heteroatoms. The van der Waals surface area contributed by atoms with Gasteiger partial charge in [0, 0.05) is 31.9 Å². The first-order valence-electron chi connectivity index (χ1n) is 8.61. The van der Waals surface area contributed by atoms with Crippen molar-refractivity contribution < 1.29 is 0 Å². The Hall–Kier alpha value is -1.02. The molecule has 0 spiro atoms. The molecule has 3 rings (SSSR count). The summed E-state index contributed by atoms with van der Waals surface area (Å²) in [5.41, 5.74) is 5.09. The molecule has 2 nitrogen and oxygen atoms in total. The van der Waals surface area contributed by atoms with Crippen LogP contribution in [-0.2, 0) is 0 Å². The van der Waals surface area contributed by atoms with Crippen molar-refractivity contribution in [1.29, 1.82) is 0 Å². The molecular weight excluding hydrogens is 256 g/mol. The molecule has 1 aliphatic heterocycles. The lowest BCUT2D eigenvalue weighted by atomic mass is 9.71. The highest BCUT2D eigenvalue weighted by molar-refractivity contribution is 5.57. The van der Waals surface area contributed by atoms with Gasteiger partial charge in [-0.3, -0.25) is 0 Å². The van der Waals surface area contributed by atoms with Crippen LogP contribution in [0.1, 0.15) is 56.6 Å². The van der Waals surface area contributed by atoms with Crippen molar-refractivity contribution in [1.82, 2.24) is 5.32 Å². The van der Waals surface area contributed by atoms with Gasteiger partial charge in [-0.1, -0.05) is 31.5 Å². The van der Waals surface area contributed by atoms with E-state index in [0.29, 0.717) is 5.41 Å². The summed E-state index contributed by atoms with van der Waals surface area (Å²) in [4.78, 5) is 2.59. The van der Waals surface area contributed by atoms with E-state index in [4.69, 9.17) is 0 Å². The molecule has 0 radical (unpaired) electrons. The summed E-state index contributed by atoms with van der Waals surface area (Å²) >= 11 is 0. The number of piperazine rings is 1. The van der Waals surface area contributed by atoms with Crippen LogP contribution < -0.4 is 10.2 Å². The number of hydrogen-bond donors (Lipinski definition) is 1. The second-order valence-corrected chi connectivity index (χ2v) is 7.74. The lowest BCUT2D eigenvalue weighted by Gasteiger charge is -2.38. The van der Waals surface area contributed by atoms with E-state index in [9.17, 15) is 0 Å². The minimum Gasteiger partial charge on any atom is -0.369 e. The van der Waals surface area contributed by atoms with Gasteiger partial charge < -0.3 is 10.2 Å². The van der Waals surface area contributed by atoms with Crippen LogP contribution in [0.25, 0.3) is 0 Å². The molecule has 0 amide bonds. The third kappa shape index (κ3) is 3.42. The number of nitrogens with zero attached hydrogens (tertiary/aromatic N) is 1. The quantitative estimate of drug-likeness (QED) is 0.881. The maximum absolute atomic E-state index is 3.46. The minimum atomic E-state index is 0.551. The molecule has 2 fully saturated rings. The number of nitrogens with one attached hydrogen (secondary N) is 1. The first-order valence-corrected chi connectivity index (χ1v) is 8.61. The van der Waals surface area contributed by atoms with E-state index in [0.717, 1.165) is 32.1 Å². The average molecular weight is 286 g/mol.